The number of anilines is 2. The van der Waals surface area contributed by atoms with Crippen molar-refractivity contribution in [1.82, 2.24) is 0 Å². The van der Waals surface area contributed by atoms with Gasteiger partial charge in [0.1, 0.15) is 0 Å². The second kappa shape index (κ2) is 5.95. The summed E-state index contributed by atoms with van der Waals surface area (Å²) in [4.78, 5) is 12.3. The van der Waals surface area contributed by atoms with E-state index in [2.05, 4.69) is 10.0 Å². The maximum Gasteiger partial charge on any atom is 0.261 e. The van der Waals surface area contributed by atoms with Crippen molar-refractivity contribution in [1.29, 1.82) is 5.26 Å². The first-order chi connectivity index (χ1) is 11.0. The third-order valence-electron chi connectivity index (χ3n) is 3.16. The zero-order chi connectivity index (χ0) is 16.4. The van der Waals surface area contributed by atoms with E-state index >= 15 is 0 Å². The maximum absolute atomic E-state index is 12.4. The Bertz CT molecular complexity index is 916. The highest BCUT2D eigenvalue weighted by Gasteiger charge is 2.20. The number of benzene rings is 2. The number of nitriles is 1. The van der Waals surface area contributed by atoms with Crippen molar-refractivity contribution >= 4 is 39.1 Å². The van der Waals surface area contributed by atoms with Gasteiger partial charge >= 0.3 is 0 Å². The molecule has 1 aliphatic rings. The van der Waals surface area contributed by atoms with E-state index in [4.69, 9.17) is 5.26 Å². The van der Waals surface area contributed by atoms with Crippen LogP contribution < -0.4 is 10.0 Å². The zero-order valence-corrected chi connectivity index (χ0v) is 13.4. The Morgan fingerprint density at radius 3 is 2.61 bits per heavy atom. The van der Waals surface area contributed by atoms with Crippen LogP contribution in [0.5, 0.6) is 0 Å². The molecule has 0 saturated carbocycles. The minimum absolute atomic E-state index is 0.0587. The summed E-state index contributed by atoms with van der Waals surface area (Å²) in [6, 6.07) is 12.7. The van der Waals surface area contributed by atoms with Gasteiger partial charge in [0.15, 0.2) is 0 Å². The molecule has 0 unspecified atom stereocenters. The van der Waals surface area contributed by atoms with Gasteiger partial charge in [-0.3, -0.25) is 9.52 Å². The molecule has 1 aliphatic heterocycles. The van der Waals surface area contributed by atoms with Crippen LogP contribution >= 0.6 is 11.8 Å². The van der Waals surface area contributed by atoms with Gasteiger partial charge in [-0.2, -0.15) is 5.26 Å². The smallest absolute Gasteiger partial charge is 0.261 e. The molecule has 0 atom stereocenters. The van der Waals surface area contributed by atoms with Crippen LogP contribution in [0.25, 0.3) is 0 Å². The normalized spacial score (nSPS) is 13.6. The number of rotatable bonds is 3. The first kappa shape index (κ1) is 15.4. The summed E-state index contributed by atoms with van der Waals surface area (Å²) in [5.74, 6) is 0.167. The number of nitrogens with zero attached hydrogens (tertiary/aromatic N) is 1. The molecule has 2 aromatic carbocycles. The molecule has 116 valence electrons. The molecular formula is C15H11N3O3S2. The highest BCUT2D eigenvalue weighted by Crippen LogP contribution is 2.33. The van der Waals surface area contributed by atoms with Crippen molar-refractivity contribution in [2.24, 2.45) is 0 Å². The third kappa shape index (κ3) is 3.31. The van der Waals surface area contributed by atoms with Crippen molar-refractivity contribution < 1.29 is 13.2 Å². The molecule has 1 heterocycles. The lowest BCUT2D eigenvalue weighted by Crippen LogP contribution is -2.20. The minimum Gasteiger partial charge on any atom is -0.324 e. The molecule has 23 heavy (non-hydrogen) atoms. The fourth-order valence-electron chi connectivity index (χ4n) is 2.06. The van der Waals surface area contributed by atoms with E-state index < -0.39 is 10.0 Å². The SMILES string of the molecule is N#Cc1ccc(NS(=O)(=O)c2ccc3c(c2)NC(=O)CS3)cc1. The average molecular weight is 345 g/mol. The molecular weight excluding hydrogens is 334 g/mol. The van der Waals surface area contributed by atoms with Crippen LogP contribution in [0.2, 0.25) is 0 Å². The summed E-state index contributed by atoms with van der Waals surface area (Å²) in [5.41, 5.74) is 1.30. The van der Waals surface area contributed by atoms with Crippen LogP contribution in [-0.2, 0) is 14.8 Å². The monoisotopic (exact) mass is 345 g/mol. The number of fused-ring (bicyclic) bond motifs is 1. The Kier molecular flexibility index (Phi) is 3.98. The number of sulfonamides is 1. The molecule has 0 fully saturated rings. The van der Waals surface area contributed by atoms with Gasteiger partial charge in [0.2, 0.25) is 5.91 Å². The number of nitrogens with one attached hydrogen (secondary N) is 2. The molecule has 0 radical (unpaired) electrons. The van der Waals surface area contributed by atoms with Gasteiger partial charge in [0, 0.05) is 10.6 Å². The lowest BCUT2D eigenvalue weighted by molar-refractivity contribution is -0.113. The van der Waals surface area contributed by atoms with Crippen molar-refractivity contribution in [2.75, 3.05) is 15.8 Å². The number of amides is 1. The Labute approximate surface area is 137 Å². The summed E-state index contributed by atoms with van der Waals surface area (Å²) in [5, 5.41) is 11.4. The summed E-state index contributed by atoms with van der Waals surface area (Å²) in [6.45, 7) is 0. The zero-order valence-electron chi connectivity index (χ0n) is 11.7. The van der Waals surface area contributed by atoms with Crippen LogP contribution in [0.3, 0.4) is 0 Å². The fourth-order valence-corrected chi connectivity index (χ4v) is 3.93. The van der Waals surface area contributed by atoms with Crippen LogP contribution in [0, 0.1) is 11.3 Å². The number of hydrogen-bond acceptors (Lipinski definition) is 5. The van der Waals surface area contributed by atoms with E-state index in [1.165, 1.54) is 48.2 Å². The second-order valence-corrected chi connectivity index (χ2v) is 7.49. The van der Waals surface area contributed by atoms with Crippen molar-refractivity contribution in [3.63, 3.8) is 0 Å². The Balaban J connectivity index is 1.89. The van der Waals surface area contributed by atoms with Gasteiger partial charge in [-0.25, -0.2) is 8.42 Å². The van der Waals surface area contributed by atoms with Crippen LogP contribution in [0.15, 0.2) is 52.3 Å². The highest BCUT2D eigenvalue weighted by molar-refractivity contribution is 8.00. The minimum atomic E-state index is -3.78. The van der Waals surface area contributed by atoms with E-state index in [1.54, 1.807) is 6.07 Å². The van der Waals surface area contributed by atoms with E-state index in [-0.39, 0.29) is 10.8 Å². The lowest BCUT2D eigenvalue weighted by atomic mass is 10.2. The third-order valence-corrected chi connectivity index (χ3v) is 5.61. The summed E-state index contributed by atoms with van der Waals surface area (Å²) >= 11 is 1.37. The van der Waals surface area contributed by atoms with Crippen molar-refractivity contribution in [3.8, 4) is 6.07 Å². The van der Waals surface area contributed by atoms with E-state index in [1.807, 2.05) is 6.07 Å². The second-order valence-electron chi connectivity index (χ2n) is 4.79. The molecule has 0 spiro atoms. The number of hydrogen-bond donors (Lipinski definition) is 2. The molecule has 0 aliphatic carbocycles. The predicted molar refractivity (Wildman–Crippen MR) is 87.8 cm³/mol. The van der Waals surface area contributed by atoms with Gasteiger partial charge in [-0.1, -0.05) is 0 Å². The largest absolute Gasteiger partial charge is 0.324 e. The van der Waals surface area contributed by atoms with E-state index in [0.29, 0.717) is 22.7 Å². The first-order valence-electron chi connectivity index (χ1n) is 6.58. The molecule has 0 aromatic heterocycles. The van der Waals surface area contributed by atoms with Gasteiger partial charge in [-0.15, -0.1) is 11.8 Å². The molecule has 1 amide bonds. The summed E-state index contributed by atoms with van der Waals surface area (Å²) in [6.07, 6.45) is 0. The molecule has 8 heteroatoms. The molecule has 6 nitrogen and oxygen atoms in total. The Morgan fingerprint density at radius 1 is 1.17 bits per heavy atom. The van der Waals surface area contributed by atoms with Crippen LogP contribution in [0.4, 0.5) is 11.4 Å². The maximum atomic E-state index is 12.4. The van der Waals surface area contributed by atoms with E-state index in [0.717, 1.165) is 4.90 Å². The molecule has 0 bridgehead atoms. The Hall–Kier alpha value is -2.50. The van der Waals surface area contributed by atoms with Gasteiger partial charge in [0.25, 0.3) is 10.0 Å². The average Bonchev–Trinajstić information content (AvgIpc) is 2.54. The molecule has 2 N–H and O–H groups in total. The van der Waals surface area contributed by atoms with E-state index in [9.17, 15) is 13.2 Å². The number of carbonyl (C=O) groups is 1. The first-order valence-corrected chi connectivity index (χ1v) is 9.04. The number of carbonyl (C=O) groups excluding carboxylic acids is 1. The standard InChI is InChI=1S/C15H11N3O3S2/c16-8-10-1-3-11(4-2-10)18-23(20,21)12-5-6-14-13(7-12)17-15(19)9-22-14/h1-7,18H,9H2,(H,17,19). The Morgan fingerprint density at radius 2 is 1.91 bits per heavy atom. The number of thioether (sulfide) groups is 1. The van der Waals surface area contributed by atoms with Crippen molar-refractivity contribution in [3.05, 3.63) is 48.0 Å². The van der Waals surface area contributed by atoms with Gasteiger partial charge < -0.3 is 5.32 Å². The molecule has 0 saturated heterocycles. The topological polar surface area (TPSA) is 99.1 Å². The summed E-state index contributed by atoms with van der Waals surface area (Å²) < 4.78 is 27.3. The van der Waals surface area contributed by atoms with Crippen LogP contribution in [0.1, 0.15) is 5.56 Å². The predicted octanol–water partition coefficient (Wildman–Crippen LogP) is 2.40. The lowest BCUT2D eigenvalue weighted by Gasteiger charge is -2.17. The molecule has 2 aromatic rings. The van der Waals surface area contributed by atoms with Gasteiger partial charge in [-0.05, 0) is 42.5 Å². The van der Waals surface area contributed by atoms with Crippen molar-refractivity contribution in [2.45, 2.75) is 9.79 Å². The summed E-state index contributed by atoms with van der Waals surface area (Å²) in [7, 11) is -3.78. The van der Waals surface area contributed by atoms with Gasteiger partial charge in [0.05, 0.1) is 28.0 Å². The highest BCUT2D eigenvalue weighted by atomic mass is 32.2. The molecule has 3 rings (SSSR count). The van der Waals surface area contributed by atoms with Crippen LogP contribution in [-0.4, -0.2) is 20.1 Å². The quantitative estimate of drug-likeness (QED) is 0.890. The fraction of sp³-hybridized carbons (Fsp3) is 0.0667.